The second-order valence-electron chi connectivity index (χ2n) is 7.73. The van der Waals surface area contributed by atoms with Crippen molar-refractivity contribution in [3.8, 4) is 0 Å². The summed E-state index contributed by atoms with van der Waals surface area (Å²) in [6, 6.07) is 9.68. The van der Waals surface area contributed by atoms with Gasteiger partial charge >= 0.3 is 6.03 Å². The molecule has 1 aliphatic heterocycles. The molecular formula is C20H30N4O2. The lowest BCUT2D eigenvalue weighted by molar-refractivity contribution is -0.138. The summed E-state index contributed by atoms with van der Waals surface area (Å²) >= 11 is 0. The normalized spacial score (nSPS) is 24.5. The third-order valence-corrected chi connectivity index (χ3v) is 5.77. The number of urea groups is 1. The number of rotatable bonds is 5. The van der Waals surface area contributed by atoms with Crippen LogP contribution in [0.25, 0.3) is 0 Å². The first-order chi connectivity index (χ1) is 12.5. The molecule has 4 N–H and O–H groups in total. The highest BCUT2D eigenvalue weighted by atomic mass is 16.2. The number of hydrogen-bond donors (Lipinski definition) is 3. The van der Waals surface area contributed by atoms with E-state index in [0.717, 1.165) is 24.8 Å². The first kappa shape index (κ1) is 18.7. The smallest absolute Gasteiger partial charge is 0.315 e. The fourth-order valence-corrected chi connectivity index (χ4v) is 4.28. The van der Waals surface area contributed by atoms with Crippen molar-refractivity contribution in [3.63, 3.8) is 0 Å². The van der Waals surface area contributed by atoms with E-state index in [0.29, 0.717) is 38.4 Å². The van der Waals surface area contributed by atoms with Crippen molar-refractivity contribution in [2.24, 2.45) is 11.7 Å². The van der Waals surface area contributed by atoms with Crippen LogP contribution in [0.15, 0.2) is 30.3 Å². The molecule has 6 nitrogen and oxygen atoms in total. The van der Waals surface area contributed by atoms with E-state index in [1.165, 1.54) is 0 Å². The minimum absolute atomic E-state index is 0.0633. The SMILES string of the molecule is CC1CC(CN)CN1C(=O)C1(NC(=O)NCc2ccccc2)CCCC1. The van der Waals surface area contributed by atoms with E-state index in [-0.39, 0.29) is 18.0 Å². The van der Waals surface area contributed by atoms with Crippen molar-refractivity contribution >= 4 is 11.9 Å². The lowest BCUT2D eigenvalue weighted by Gasteiger charge is -2.35. The summed E-state index contributed by atoms with van der Waals surface area (Å²) in [7, 11) is 0. The Kier molecular flexibility index (Phi) is 5.81. The molecule has 2 fully saturated rings. The minimum atomic E-state index is -0.765. The Morgan fingerprint density at radius 1 is 1.23 bits per heavy atom. The number of amides is 3. The van der Waals surface area contributed by atoms with Crippen molar-refractivity contribution in [2.45, 2.75) is 57.2 Å². The Hall–Kier alpha value is -2.08. The molecule has 2 aliphatic rings. The van der Waals surface area contributed by atoms with Gasteiger partial charge in [-0.3, -0.25) is 4.79 Å². The zero-order chi connectivity index (χ0) is 18.6. The lowest BCUT2D eigenvalue weighted by atomic mass is 9.95. The number of carbonyl (C=O) groups is 2. The van der Waals surface area contributed by atoms with E-state index >= 15 is 0 Å². The average Bonchev–Trinajstić information content (AvgIpc) is 3.27. The highest BCUT2D eigenvalue weighted by Crippen LogP contribution is 2.34. The predicted octanol–water partition coefficient (Wildman–Crippen LogP) is 1.99. The molecule has 0 aromatic heterocycles. The Balaban J connectivity index is 1.64. The fraction of sp³-hybridized carbons (Fsp3) is 0.600. The highest BCUT2D eigenvalue weighted by molar-refractivity contribution is 5.91. The van der Waals surface area contributed by atoms with E-state index in [1.54, 1.807) is 0 Å². The largest absolute Gasteiger partial charge is 0.338 e. The first-order valence-electron chi connectivity index (χ1n) is 9.65. The molecule has 6 heteroatoms. The maximum absolute atomic E-state index is 13.3. The van der Waals surface area contributed by atoms with E-state index < -0.39 is 5.54 Å². The summed E-state index contributed by atoms with van der Waals surface area (Å²) in [6.45, 7) is 3.83. The maximum atomic E-state index is 13.3. The van der Waals surface area contributed by atoms with Crippen LogP contribution >= 0.6 is 0 Å². The van der Waals surface area contributed by atoms with Crippen LogP contribution in [0.3, 0.4) is 0 Å². The van der Waals surface area contributed by atoms with Crippen molar-refractivity contribution < 1.29 is 9.59 Å². The van der Waals surface area contributed by atoms with Crippen LogP contribution in [0.2, 0.25) is 0 Å². The molecule has 0 spiro atoms. The van der Waals surface area contributed by atoms with Gasteiger partial charge in [-0.25, -0.2) is 4.79 Å². The molecule has 1 aromatic carbocycles. The van der Waals surface area contributed by atoms with Gasteiger partial charge in [-0.1, -0.05) is 43.2 Å². The van der Waals surface area contributed by atoms with E-state index in [9.17, 15) is 9.59 Å². The maximum Gasteiger partial charge on any atom is 0.315 e. The number of hydrogen-bond acceptors (Lipinski definition) is 3. The van der Waals surface area contributed by atoms with Gasteiger partial charge in [-0.15, -0.1) is 0 Å². The zero-order valence-electron chi connectivity index (χ0n) is 15.5. The van der Waals surface area contributed by atoms with Gasteiger partial charge in [0, 0.05) is 19.1 Å². The molecule has 142 valence electrons. The summed E-state index contributed by atoms with van der Waals surface area (Å²) in [5, 5.41) is 5.91. The molecule has 1 saturated heterocycles. The number of benzene rings is 1. The summed E-state index contributed by atoms with van der Waals surface area (Å²) in [4.78, 5) is 27.7. The molecule has 3 amide bonds. The van der Waals surface area contributed by atoms with Gasteiger partial charge in [0.2, 0.25) is 5.91 Å². The molecule has 1 aliphatic carbocycles. The van der Waals surface area contributed by atoms with Crippen molar-refractivity contribution in [1.82, 2.24) is 15.5 Å². The molecule has 0 bridgehead atoms. The zero-order valence-corrected chi connectivity index (χ0v) is 15.5. The van der Waals surface area contributed by atoms with Crippen LogP contribution in [-0.4, -0.2) is 41.5 Å². The Morgan fingerprint density at radius 2 is 1.92 bits per heavy atom. The summed E-state index contributed by atoms with van der Waals surface area (Å²) in [6.07, 6.45) is 4.29. The molecule has 0 radical (unpaired) electrons. The fourth-order valence-electron chi connectivity index (χ4n) is 4.28. The molecule has 2 atom stereocenters. The Morgan fingerprint density at radius 3 is 2.54 bits per heavy atom. The van der Waals surface area contributed by atoms with Gasteiger partial charge in [-0.2, -0.15) is 0 Å². The van der Waals surface area contributed by atoms with Gasteiger partial charge in [0.1, 0.15) is 5.54 Å². The minimum Gasteiger partial charge on any atom is -0.338 e. The third kappa shape index (κ3) is 4.01. The van der Waals surface area contributed by atoms with E-state index in [4.69, 9.17) is 5.73 Å². The molecule has 1 heterocycles. The molecule has 1 saturated carbocycles. The van der Waals surface area contributed by atoms with Gasteiger partial charge in [0.15, 0.2) is 0 Å². The topological polar surface area (TPSA) is 87.5 Å². The number of likely N-dealkylation sites (tertiary alicyclic amines) is 1. The van der Waals surface area contributed by atoms with Crippen LogP contribution in [-0.2, 0) is 11.3 Å². The van der Waals surface area contributed by atoms with E-state index in [1.807, 2.05) is 35.2 Å². The monoisotopic (exact) mass is 358 g/mol. The van der Waals surface area contributed by atoms with Crippen LogP contribution in [0.5, 0.6) is 0 Å². The van der Waals surface area contributed by atoms with Gasteiger partial charge in [0.05, 0.1) is 0 Å². The standard InChI is InChI=1S/C20H30N4O2/c1-15-11-17(12-21)14-24(15)18(25)20(9-5-6-10-20)23-19(26)22-13-16-7-3-2-4-8-16/h2-4,7-8,15,17H,5-6,9-14,21H2,1H3,(H2,22,23,26). The average molecular weight is 358 g/mol. The van der Waals surface area contributed by atoms with Crippen molar-refractivity contribution in [1.29, 1.82) is 0 Å². The van der Waals surface area contributed by atoms with Crippen LogP contribution in [0.4, 0.5) is 4.79 Å². The summed E-state index contributed by atoms with van der Waals surface area (Å²) < 4.78 is 0. The second-order valence-corrected chi connectivity index (χ2v) is 7.73. The quantitative estimate of drug-likeness (QED) is 0.752. The second kappa shape index (κ2) is 8.08. The number of nitrogens with zero attached hydrogens (tertiary/aromatic N) is 1. The van der Waals surface area contributed by atoms with Gasteiger partial charge in [0.25, 0.3) is 0 Å². The lowest BCUT2D eigenvalue weighted by Crippen LogP contribution is -2.60. The van der Waals surface area contributed by atoms with Gasteiger partial charge in [-0.05, 0) is 44.2 Å². The van der Waals surface area contributed by atoms with Crippen LogP contribution in [0, 0.1) is 5.92 Å². The molecule has 2 unspecified atom stereocenters. The summed E-state index contributed by atoms with van der Waals surface area (Å²) in [5.74, 6) is 0.424. The van der Waals surface area contributed by atoms with Gasteiger partial charge < -0.3 is 21.3 Å². The first-order valence-corrected chi connectivity index (χ1v) is 9.65. The van der Waals surface area contributed by atoms with Crippen LogP contribution < -0.4 is 16.4 Å². The van der Waals surface area contributed by atoms with E-state index in [2.05, 4.69) is 17.6 Å². The van der Waals surface area contributed by atoms with Crippen LogP contribution in [0.1, 0.15) is 44.6 Å². The molecular weight excluding hydrogens is 328 g/mol. The molecule has 26 heavy (non-hydrogen) atoms. The Bertz CT molecular complexity index is 628. The Labute approximate surface area is 155 Å². The van der Waals surface area contributed by atoms with Crippen molar-refractivity contribution in [3.05, 3.63) is 35.9 Å². The molecule has 3 rings (SSSR count). The summed E-state index contributed by atoms with van der Waals surface area (Å²) in [5.41, 5.74) is 6.07. The number of nitrogens with one attached hydrogen (secondary N) is 2. The number of nitrogens with two attached hydrogens (primary N) is 1. The number of carbonyl (C=O) groups excluding carboxylic acids is 2. The molecule has 1 aromatic rings. The predicted molar refractivity (Wildman–Crippen MR) is 101 cm³/mol. The van der Waals surface area contributed by atoms with Crippen molar-refractivity contribution in [2.75, 3.05) is 13.1 Å². The highest BCUT2D eigenvalue weighted by Gasteiger charge is 2.47. The third-order valence-electron chi connectivity index (χ3n) is 5.77.